The Hall–Kier alpha value is -1.59. The summed E-state index contributed by atoms with van der Waals surface area (Å²) in [5.74, 6) is 0. The lowest BCUT2D eigenvalue weighted by Gasteiger charge is -2.17. The van der Waals surface area contributed by atoms with E-state index in [1.807, 2.05) is 24.4 Å². The standard InChI is InChI=1S/C13H14ClN3OS/c1-9-15-10(8-19-9)7-17(2)13(18)16-12-6-4-3-5-11(12)14/h3-6,8H,7H2,1-2H3,(H,16,18). The second kappa shape index (κ2) is 6.04. The van der Waals surface area contributed by atoms with Crippen LogP contribution in [0.1, 0.15) is 10.7 Å². The van der Waals surface area contributed by atoms with Crippen molar-refractivity contribution in [1.29, 1.82) is 0 Å². The fourth-order valence-corrected chi connectivity index (χ4v) is 2.36. The van der Waals surface area contributed by atoms with Crippen molar-refractivity contribution >= 4 is 34.7 Å². The molecule has 100 valence electrons. The summed E-state index contributed by atoms with van der Waals surface area (Å²) in [5, 5.41) is 6.24. The van der Waals surface area contributed by atoms with E-state index >= 15 is 0 Å². The van der Waals surface area contributed by atoms with Crippen LogP contribution in [-0.2, 0) is 6.54 Å². The molecule has 2 amide bonds. The molecule has 19 heavy (non-hydrogen) atoms. The van der Waals surface area contributed by atoms with E-state index in [9.17, 15) is 4.79 Å². The van der Waals surface area contributed by atoms with Gasteiger partial charge in [0.2, 0.25) is 0 Å². The summed E-state index contributed by atoms with van der Waals surface area (Å²) in [5.41, 5.74) is 1.50. The molecule has 0 bridgehead atoms. The number of amides is 2. The van der Waals surface area contributed by atoms with Gasteiger partial charge in [-0.15, -0.1) is 11.3 Å². The van der Waals surface area contributed by atoms with Gasteiger partial charge in [0.1, 0.15) is 0 Å². The number of rotatable bonds is 3. The van der Waals surface area contributed by atoms with Crippen molar-refractivity contribution < 1.29 is 4.79 Å². The topological polar surface area (TPSA) is 45.2 Å². The van der Waals surface area contributed by atoms with Crippen molar-refractivity contribution in [3.05, 3.63) is 45.4 Å². The lowest BCUT2D eigenvalue weighted by atomic mass is 10.3. The van der Waals surface area contributed by atoms with Crippen LogP contribution in [0, 0.1) is 6.92 Å². The van der Waals surface area contributed by atoms with Gasteiger partial charge in [-0.25, -0.2) is 9.78 Å². The first kappa shape index (κ1) is 13.8. The second-order valence-electron chi connectivity index (χ2n) is 4.12. The number of carbonyl (C=O) groups excluding carboxylic acids is 1. The highest BCUT2D eigenvalue weighted by atomic mass is 35.5. The summed E-state index contributed by atoms with van der Waals surface area (Å²) < 4.78 is 0. The molecule has 0 atom stereocenters. The Bertz CT molecular complexity index is 585. The van der Waals surface area contributed by atoms with E-state index in [-0.39, 0.29) is 6.03 Å². The molecule has 1 N–H and O–H groups in total. The molecule has 2 aromatic rings. The summed E-state index contributed by atoms with van der Waals surface area (Å²) in [6.45, 7) is 2.42. The minimum atomic E-state index is -0.209. The summed E-state index contributed by atoms with van der Waals surface area (Å²) in [6.07, 6.45) is 0. The largest absolute Gasteiger partial charge is 0.322 e. The average Bonchev–Trinajstić information content (AvgIpc) is 2.77. The van der Waals surface area contributed by atoms with Crippen LogP contribution < -0.4 is 5.32 Å². The number of benzene rings is 1. The Labute approximate surface area is 121 Å². The molecule has 0 aliphatic heterocycles. The number of anilines is 1. The van der Waals surface area contributed by atoms with Crippen molar-refractivity contribution in [2.45, 2.75) is 13.5 Å². The highest BCUT2D eigenvalue weighted by molar-refractivity contribution is 7.09. The minimum Gasteiger partial charge on any atom is -0.322 e. The zero-order chi connectivity index (χ0) is 13.8. The zero-order valence-corrected chi connectivity index (χ0v) is 12.3. The molecule has 0 aliphatic rings. The Morgan fingerprint density at radius 3 is 2.84 bits per heavy atom. The Kier molecular flexibility index (Phi) is 4.39. The van der Waals surface area contributed by atoms with Crippen LogP contribution >= 0.6 is 22.9 Å². The van der Waals surface area contributed by atoms with E-state index in [0.717, 1.165) is 10.7 Å². The lowest BCUT2D eigenvalue weighted by Crippen LogP contribution is -2.31. The smallest absolute Gasteiger partial charge is 0.321 e. The molecule has 0 radical (unpaired) electrons. The van der Waals surface area contributed by atoms with E-state index in [1.54, 1.807) is 35.4 Å². The van der Waals surface area contributed by atoms with Crippen LogP contribution in [0.5, 0.6) is 0 Å². The molecule has 0 fully saturated rings. The summed E-state index contributed by atoms with van der Waals surface area (Å²) in [4.78, 5) is 17.9. The van der Waals surface area contributed by atoms with Gasteiger partial charge in [-0.05, 0) is 19.1 Å². The molecule has 1 heterocycles. The molecule has 6 heteroatoms. The van der Waals surface area contributed by atoms with Crippen LogP contribution in [0.3, 0.4) is 0 Å². The molecule has 4 nitrogen and oxygen atoms in total. The maximum Gasteiger partial charge on any atom is 0.321 e. The predicted octanol–water partition coefficient (Wildman–Crippen LogP) is 3.77. The van der Waals surface area contributed by atoms with Gasteiger partial charge in [-0.2, -0.15) is 0 Å². The monoisotopic (exact) mass is 295 g/mol. The summed E-state index contributed by atoms with van der Waals surface area (Å²) >= 11 is 7.57. The van der Waals surface area contributed by atoms with Gasteiger partial charge in [0.25, 0.3) is 0 Å². The molecule has 0 unspecified atom stereocenters. The number of halogens is 1. The van der Waals surface area contributed by atoms with Gasteiger partial charge in [0, 0.05) is 12.4 Å². The summed E-state index contributed by atoms with van der Waals surface area (Å²) in [7, 11) is 1.72. The third-order valence-corrected chi connectivity index (χ3v) is 3.68. The molecule has 1 aromatic heterocycles. The van der Waals surface area contributed by atoms with Crippen molar-refractivity contribution in [3.8, 4) is 0 Å². The quantitative estimate of drug-likeness (QED) is 0.937. The van der Waals surface area contributed by atoms with Crippen LogP contribution in [0.2, 0.25) is 5.02 Å². The fourth-order valence-electron chi connectivity index (χ4n) is 1.57. The lowest BCUT2D eigenvalue weighted by molar-refractivity contribution is 0.220. The maximum absolute atomic E-state index is 12.0. The number of thiazole rings is 1. The molecule has 0 spiro atoms. The number of urea groups is 1. The normalized spacial score (nSPS) is 10.3. The van der Waals surface area contributed by atoms with Gasteiger partial charge in [0.05, 0.1) is 28.0 Å². The van der Waals surface area contributed by atoms with E-state index in [1.165, 1.54) is 0 Å². The van der Waals surface area contributed by atoms with E-state index < -0.39 is 0 Å². The van der Waals surface area contributed by atoms with Crippen molar-refractivity contribution in [2.24, 2.45) is 0 Å². The van der Waals surface area contributed by atoms with E-state index in [4.69, 9.17) is 11.6 Å². The molecular formula is C13H14ClN3OS. The van der Waals surface area contributed by atoms with Crippen LogP contribution in [0.25, 0.3) is 0 Å². The number of nitrogens with one attached hydrogen (secondary N) is 1. The highest BCUT2D eigenvalue weighted by Crippen LogP contribution is 2.21. The Morgan fingerprint density at radius 1 is 1.47 bits per heavy atom. The molecular weight excluding hydrogens is 282 g/mol. The third-order valence-electron chi connectivity index (χ3n) is 2.53. The summed E-state index contributed by atoms with van der Waals surface area (Å²) in [6, 6.07) is 6.94. The van der Waals surface area contributed by atoms with Gasteiger partial charge in [-0.1, -0.05) is 23.7 Å². The van der Waals surface area contributed by atoms with Crippen LogP contribution in [-0.4, -0.2) is 23.0 Å². The number of aryl methyl sites for hydroxylation is 1. The first-order valence-corrected chi connectivity index (χ1v) is 6.99. The zero-order valence-electron chi connectivity index (χ0n) is 10.7. The van der Waals surface area contributed by atoms with Crippen molar-refractivity contribution in [3.63, 3.8) is 0 Å². The molecule has 1 aromatic carbocycles. The molecule has 2 rings (SSSR count). The Morgan fingerprint density at radius 2 is 2.21 bits per heavy atom. The highest BCUT2D eigenvalue weighted by Gasteiger charge is 2.12. The van der Waals surface area contributed by atoms with Gasteiger partial charge < -0.3 is 10.2 Å². The first-order valence-electron chi connectivity index (χ1n) is 5.74. The number of nitrogens with zero attached hydrogens (tertiary/aromatic N) is 2. The maximum atomic E-state index is 12.0. The van der Waals surface area contributed by atoms with Crippen LogP contribution in [0.4, 0.5) is 10.5 Å². The van der Waals surface area contributed by atoms with E-state index in [0.29, 0.717) is 17.3 Å². The second-order valence-corrected chi connectivity index (χ2v) is 5.59. The molecule has 0 saturated carbocycles. The van der Waals surface area contributed by atoms with Crippen molar-refractivity contribution in [2.75, 3.05) is 12.4 Å². The number of carbonyl (C=O) groups is 1. The number of para-hydroxylation sites is 1. The first-order chi connectivity index (χ1) is 9.06. The average molecular weight is 296 g/mol. The number of hydrogen-bond acceptors (Lipinski definition) is 3. The minimum absolute atomic E-state index is 0.209. The van der Waals surface area contributed by atoms with Crippen LogP contribution in [0.15, 0.2) is 29.6 Å². The fraction of sp³-hybridized carbons (Fsp3) is 0.231. The number of aromatic nitrogens is 1. The third kappa shape index (κ3) is 3.68. The van der Waals surface area contributed by atoms with Gasteiger partial charge in [-0.3, -0.25) is 0 Å². The molecule has 0 saturated heterocycles. The van der Waals surface area contributed by atoms with E-state index in [2.05, 4.69) is 10.3 Å². The van der Waals surface area contributed by atoms with Gasteiger partial charge in [0.15, 0.2) is 0 Å². The predicted molar refractivity (Wildman–Crippen MR) is 78.8 cm³/mol. The number of hydrogen-bond donors (Lipinski definition) is 1. The van der Waals surface area contributed by atoms with Crippen molar-refractivity contribution in [1.82, 2.24) is 9.88 Å². The Balaban J connectivity index is 1.98. The molecule has 0 aliphatic carbocycles. The van der Waals surface area contributed by atoms with Gasteiger partial charge >= 0.3 is 6.03 Å². The SMILES string of the molecule is Cc1nc(CN(C)C(=O)Nc2ccccc2Cl)cs1.